The summed E-state index contributed by atoms with van der Waals surface area (Å²) < 4.78 is 33.1. The predicted octanol–water partition coefficient (Wildman–Crippen LogP) is 2.21. The van der Waals surface area contributed by atoms with Crippen LogP contribution >= 0.6 is 15.9 Å². The highest BCUT2D eigenvalue weighted by Crippen LogP contribution is 2.20. The molecule has 1 aromatic carbocycles. The smallest absolute Gasteiger partial charge is 0.240 e. The van der Waals surface area contributed by atoms with E-state index >= 15 is 0 Å². The number of benzene rings is 1. The van der Waals surface area contributed by atoms with Crippen molar-refractivity contribution in [2.45, 2.75) is 30.8 Å². The Morgan fingerprint density at radius 1 is 1.50 bits per heavy atom. The Hall–Kier alpha value is -0.430. The van der Waals surface area contributed by atoms with Crippen molar-refractivity contribution in [1.82, 2.24) is 4.72 Å². The van der Waals surface area contributed by atoms with Crippen LogP contribution in [0.15, 0.2) is 27.6 Å². The van der Waals surface area contributed by atoms with Gasteiger partial charge in [0, 0.05) is 17.6 Å². The Kier molecular flexibility index (Phi) is 4.42. The van der Waals surface area contributed by atoms with Crippen LogP contribution in [0.3, 0.4) is 0 Å². The van der Waals surface area contributed by atoms with Crippen molar-refractivity contribution in [1.29, 1.82) is 0 Å². The molecule has 0 bridgehead atoms. The zero-order valence-electron chi connectivity index (χ0n) is 10.1. The third-order valence-electron chi connectivity index (χ3n) is 2.96. The first-order valence-corrected chi connectivity index (χ1v) is 8.14. The van der Waals surface area contributed by atoms with Gasteiger partial charge in [0.2, 0.25) is 10.0 Å². The van der Waals surface area contributed by atoms with Crippen molar-refractivity contribution in [3.8, 4) is 0 Å². The predicted molar refractivity (Wildman–Crippen MR) is 73.0 cm³/mol. The Balaban J connectivity index is 2.12. The zero-order chi connectivity index (χ0) is 13.2. The van der Waals surface area contributed by atoms with Gasteiger partial charge in [-0.2, -0.15) is 0 Å². The van der Waals surface area contributed by atoms with Crippen LogP contribution in [0.5, 0.6) is 0 Å². The maximum Gasteiger partial charge on any atom is 0.240 e. The standard InChI is InChI=1S/C12H16BrNO3S/c1-9-4-5-10(13)7-12(9)18(15,16)14-8-11-3-2-6-17-11/h4-5,7,11,14H,2-3,6,8H2,1H3/t11-/m1/s1. The number of rotatable bonds is 4. The first-order chi connectivity index (χ1) is 8.49. The van der Waals surface area contributed by atoms with Crippen LogP contribution in [-0.4, -0.2) is 27.7 Å². The van der Waals surface area contributed by atoms with E-state index in [1.807, 2.05) is 6.07 Å². The minimum atomic E-state index is -3.46. The Morgan fingerprint density at radius 2 is 2.28 bits per heavy atom. The van der Waals surface area contributed by atoms with E-state index in [9.17, 15) is 8.42 Å². The molecule has 0 amide bonds. The highest BCUT2D eigenvalue weighted by atomic mass is 79.9. The summed E-state index contributed by atoms with van der Waals surface area (Å²) in [6, 6.07) is 5.23. The lowest BCUT2D eigenvalue weighted by atomic mass is 10.2. The van der Waals surface area contributed by atoms with Crippen LogP contribution in [0.4, 0.5) is 0 Å². The first-order valence-electron chi connectivity index (χ1n) is 5.86. The number of sulfonamides is 1. The molecule has 1 N–H and O–H groups in total. The van der Waals surface area contributed by atoms with Crippen LogP contribution in [0.2, 0.25) is 0 Å². The summed E-state index contributed by atoms with van der Waals surface area (Å²) in [5, 5.41) is 0. The second-order valence-electron chi connectivity index (χ2n) is 4.40. The molecule has 1 atom stereocenters. The lowest BCUT2D eigenvalue weighted by Crippen LogP contribution is -2.32. The number of hydrogen-bond donors (Lipinski definition) is 1. The van der Waals surface area contributed by atoms with E-state index in [-0.39, 0.29) is 6.10 Å². The van der Waals surface area contributed by atoms with Crippen LogP contribution in [-0.2, 0) is 14.8 Å². The van der Waals surface area contributed by atoms with E-state index in [1.165, 1.54) is 0 Å². The van der Waals surface area contributed by atoms with E-state index in [1.54, 1.807) is 19.1 Å². The lowest BCUT2D eigenvalue weighted by molar-refractivity contribution is 0.114. The fraction of sp³-hybridized carbons (Fsp3) is 0.500. The summed E-state index contributed by atoms with van der Waals surface area (Å²) in [4.78, 5) is 0.315. The maximum atomic E-state index is 12.2. The highest BCUT2D eigenvalue weighted by molar-refractivity contribution is 9.10. The van der Waals surface area contributed by atoms with E-state index in [2.05, 4.69) is 20.7 Å². The van der Waals surface area contributed by atoms with Gasteiger partial charge >= 0.3 is 0 Å². The third-order valence-corrected chi connectivity index (χ3v) is 5.02. The summed E-state index contributed by atoms with van der Waals surface area (Å²) in [7, 11) is -3.46. The van der Waals surface area contributed by atoms with Gasteiger partial charge in [-0.3, -0.25) is 0 Å². The zero-order valence-corrected chi connectivity index (χ0v) is 12.6. The van der Waals surface area contributed by atoms with Crippen LogP contribution < -0.4 is 4.72 Å². The maximum absolute atomic E-state index is 12.2. The molecule has 0 saturated carbocycles. The largest absolute Gasteiger partial charge is 0.377 e. The Morgan fingerprint density at radius 3 is 2.94 bits per heavy atom. The molecular formula is C12H16BrNO3S. The average molecular weight is 334 g/mol. The van der Waals surface area contributed by atoms with E-state index in [4.69, 9.17) is 4.74 Å². The Bertz CT molecular complexity index is 524. The van der Waals surface area contributed by atoms with Crippen LogP contribution in [0.1, 0.15) is 18.4 Å². The molecule has 0 radical (unpaired) electrons. The SMILES string of the molecule is Cc1ccc(Br)cc1S(=O)(=O)NC[C@H]1CCCO1. The molecule has 6 heteroatoms. The number of nitrogens with one attached hydrogen (secondary N) is 1. The molecule has 0 aromatic heterocycles. The van der Waals surface area contributed by atoms with Crippen molar-refractivity contribution < 1.29 is 13.2 Å². The van der Waals surface area contributed by atoms with Gasteiger partial charge in [0.15, 0.2) is 0 Å². The summed E-state index contributed by atoms with van der Waals surface area (Å²) >= 11 is 3.29. The molecule has 2 rings (SSSR count). The second-order valence-corrected chi connectivity index (χ2v) is 7.05. The molecule has 4 nitrogen and oxygen atoms in total. The van der Waals surface area contributed by atoms with E-state index in [0.717, 1.165) is 29.5 Å². The molecule has 1 aliphatic rings. The Labute approximate surface area is 116 Å². The molecule has 0 spiro atoms. The van der Waals surface area contributed by atoms with Crippen molar-refractivity contribution in [2.75, 3.05) is 13.2 Å². The van der Waals surface area contributed by atoms with Gasteiger partial charge in [-0.1, -0.05) is 22.0 Å². The van der Waals surface area contributed by atoms with Crippen molar-refractivity contribution in [3.63, 3.8) is 0 Å². The average Bonchev–Trinajstić information content (AvgIpc) is 2.83. The number of ether oxygens (including phenoxy) is 1. The minimum absolute atomic E-state index is 0.00670. The number of halogens is 1. The molecule has 1 fully saturated rings. The van der Waals surface area contributed by atoms with Gasteiger partial charge < -0.3 is 4.74 Å². The van der Waals surface area contributed by atoms with E-state index < -0.39 is 10.0 Å². The molecule has 1 heterocycles. The fourth-order valence-electron chi connectivity index (χ4n) is 1.95. The second kappa shape index (κ2) is 5.69. The summed E-state index contributed by atoms with van der Waals surface area (Å²) in [6.07, 6.45) is 1.93. The summed E-state index contributed by atoms with van der Waals surface area (Å²) in [5.41, 5.74) is 0.734. The van der Waals surface area contributed by atoms with Gasteiger partial charge in [0.1, 0.15) is 0 Å². The van der Waals surface area contributed by atoms with Crippen LogP contribution in [0.25, 0.3) is 0 Å². The first kappa shape index (κ1) is 14.0. The molecule has 100 valence electrons. The molecule has 18 heavy (non-hydrogen) atoms. The number of aryl methyl sites for hydroxylation is 1. The molecule has 0 aliphatic carbocycles. The summed E-state index contributed by atoms with van der Waals surface area (Å²) in [5.74, 6) is 0. The number of hydrogen-bond acceptors (Lipinski definition) is 3. The molecule has 1 saturated heterocycles. The quantitative estimate of drug-likeness (QED) is 0.919. The van der Waals surface area contributed by atoms with Crippen molar-refractivity contribution in [2.24, 2.45) is 0 Å². The minimum Gasteiger partial charge on any atom is -0.377 e. The van der Waals surface area contributed by atoms with Gasteiger partial charge in [-0.05, 0) is 37.5 Å². The van der Waals surface area contributed by atoms with Gasteiger partial charge in [0.05, 0.1) is 11.0 Å². The monoisotopic (exact) mass is 333 g/mol. The fourth-order valence-corrected chi connectivity index (χ4v) is 3.80. The summed E-state index contributed by atoms with van der Waals surface area (Å²) in [6.45, 7) is 2.85. The van der Waals surface area contributed by atoms with Crippen molar-refractivity contribution >= 4 is 26.0 Å². The molecule has 0 unspecified atom stereocenters. The normalized spacial score (nSPS) is 20.2. The van der Waals surface area contributed by atoms with Crippen molar-refractivity contribution in [3.05, 3.63) is 28.2 Å². The topological polar surface area (TPSA) is 55.4 Å². The molecule has 1 aliphatic heterocycles. The van der Waals surface area contributed by atoms with Gasteiger partial charge in [-0.15, -0.1) is 0 Å². The third kappa shape index (κ3) is 3.32. The van der Waals surface area contributed by atoms with Gasteiger partial charge in [-0.25, -0.2) is 13.1 Å². The molecular weight excluding hydrogens is 318 g/mol. The van der Waals surface area contributed by atoms with Gasteiger partial charge in [0.25, 0.3) is 0 Å². The lowest BCUT2D eigenvalue weighted by Gasteiger charge is -2.13. The highest BCUT2D eigenvalue weighted by Gasteiger charge is 2.21. The van der Waals surface area contributed by atoms with Crippen LogP contribution in [0, 0.1) is 6.92 Å². The molecule has 1 aromatic rings. The van der Waals surface area contributed by atoms with E-state index in [0.29, 0.717) is 11.4 Å².